The van der Waals surface area contributed by atoms with Gasteiger partial charge in [0, 0.05) is 0 Å². The average molecular weight is 250 g/mol. The number of pyridine rings is 1. The van der Waals surface area contributed by atoms with Crippen LogP contribution in [0.2, 0.25) is 5.02 Å². The summed E-state index contributed by atoms with van der Waals surface area (Å²) in [5.41, 5.74) is 0.190. The van der Waals surface area contributed by atoms with Crippen LogP contribution in [-0.4, -0.2) is 18.1 Å². The van der Waals surface area contributed by atoms with Crippen molar-refractivity contribution in [1.82, 2.24) is 4.98 Å². The molecule has 0 aromatic carbocycles. The number of rotatable bonds is 3. The maximum atomic E-state index is 12.5. The van der Waals surface area contributed by atoms with Gasteiger partial charge >= 0.3 is 5.97 Å². The highest BCUT2D eigenvalue weighted by Crippen LogP contribution is 2.28. The maximum absolute atomic E-state index is 12.5. The number of methoxy groups -OCH3 is 1. The van der Waals surface area contributed by atoms with Gasteiger partial charge in [0.25, 0.3) is 6.43 Å². The predicted molar refractivity (Wildman–Crippen MR) is 54.7 cm³/mol. The molecule has 0 aliphatic rings. The maximum Gasteiger partial charge on any atom is 0.311 e. The molecule has 0 unspecified atom stereocenters. The van der Waals surface area contributed by atoms with Crippen molar-refractivity contribution in [2.24, 2.45) is 0 Å². The van der Waals surface area contributed by atoms with Gasteiger partial charge in [-0.05, 0) is 18.6 Å². The lowest BCUT2D eigenvalue weighted by Crippen LogP contribution is -2.08. The third kappa shape index (κ3) is 2.88. The number of aromatic nitrogens is 1. The van der Waals surface area contributed by atoms with Crippen molar-refractivity contribution < 1.29 is 18.3 Å². The summed E-state index contributed by atoms with van der Waals surface area (Å²) in [5, 5.41) is -0.0661. The normalized spacial score (nSPS) is 10.6. The molecular weight excluding hydrogens is 240 g/mol. The monoisotopic (exact) mass is 249 g/mol. The molecule has 0 amide bonds. The van der Waals surface area contributed by atoms with Crippen molar-refractivity contribution in [3.05, 3.63) is 28.0 Å². The first-order valence-electron chi connectivity index (χ1n) is 4.46. The Morgan fingerprint density at radius 1 is 1.62 bits per heavy atom. The molecule has 0 N–H and O–H groups in total. The molecule has 0 aliphatic carbocycles. The van der Waals surface area contributed by atoms with Gasteiger partial charge in [-0.3, -0.25) is 4.79 Å². The molecule has 0 spiro atoms. The first-order chi connectivity index (χ1) is 7.45. The zero-order valence-electron chi connectivity index (χ0n) is 8.76. The van der Waals surface area contributed by atoms with E-state index >= 15 is 0 Å². The van der Waals surface area contributed by atoms with Crippen molar-refractivity contribution in [3.8, 4) is 0 Å². The van der Waals surface area contributed by atoms with Crippen molar-refractivity contribution in [1.29, 1.82) is 0 Å². The lowest BCUT2D eigenvalue weighted by molar-refractivity contribution is -0.139. The van der Waals surface area contributed by atoms with Crippen LogP contribution in [0.4, 0.5) is 8.78 Å². The van der Waals surface area contributed by atoms with Crippen LogP contribution in [0.5, 0.6) is 0 Å². The molecular formula is C10H10ClF2NO2. The predicted octanol–water partition coefficient (Wildman–Crippen LogP) is 2.70. The Morgan fingerprint density at radius 3 is 2.75 bits per heavy atom. The number of alkyl halides is 2. The number of halogens is 3. The van der Waals surface area contributed by atoms with Gasteiger partial charge in [-0.2, -0.15) is 0 Å². The van der Waals surface area contributed by atoms with E-state index in [0.717, 1.165) is 0 Å². The van der Waals surface area contributed by atoms with Gasteiger partial charge < -0.3 is 4.74 Å². The fraction of sp³-hybridized carbons (Fsp3) is 0.400. The number of carbonyl (C=O) groups is 1. The van der Waals surface area contributed by atoms with Crippen molar-refractivity contribution in [3.63, 3.8) is 0 Å². The Kier molecular flexibility index (Phi) is 4.18. The molecule has 0 fully saturated rings. The minimum atomic E-state index is -2.76. The number of carbonyl (C=O) groups excluding carboxylic acids is 1. The third-order valence-electron chi connectivity index (χ3n) is 1.98. The summed E-state index contributed by atoms with van der Waals surface area (Å²) in [6.45, 7) is 1.58. The minimum absolute atomic E-state index is 0.0661. The molecule has 1 heterocycles. The number of esters is 1. The van der Waals surface area contributed by atoms with Crippen LogP contribution in [0.15, 0.2) is 6.07 Å². The standard InChI is InChI=1S/C10H10ClF2NO2/c1-5-3-6(4-7(15)16-2)14-9(8(5)11)10(12)13/h3,10H,4H2,1-2H3. The SMILES string of the molecule is COC(=O)Cc1cc(C)c(Cl)c(C(F)F)n1. The van der Waals surface area contributed by atoms with Crippen LogP contribution in [0.1, 0.15) is 23.4 Å². The number of ether oxygens (including phenoxy) is 1. The van der Waals surface area contributed by atoms with Crippen molar-refractivity contribution in [2.45, 2.75) is 19.8 Å². The molecule has 1 aromatic heterocycles. The second kappa shape index (κ2) is 5.21. The smallest absolute Gasteiger partial charge is 0.311 e. The van der Waals surface area contributed by atoms with Crippen LogP contribution >= 0.6 is 11.6 Å². The first kappa shape index (κ1) is 12.8. The van der Waals surface area contributed by atoms with Gasteiger partial charge in [0.1, 0.15) is 5.69 Å². The highest BCUT2D eigenvalue weighted by molar-refractivity contribution is 6.32. The minimum Gasteiger partial charge on any atom is -0.469 e. The van der Waals surface area contributed by atoms with E-state index in [0.29, 0.717) is 5.56 Å². The van der Waals surface area contributed by atoms with Gasteiger partial charge in [-0.15, -0.1) is 0 Å². The number of hydrogen-bond donors (Lipinski definition) is 0. The van der Waals surface area contributed by atoms with E-state index in [-0.39, 0.29) is 17.1 Å². The Balaban J connectivity index is 3.09. The third-order valence-corrected chi connectivity index (χ3v) is 2.47. The van der Waals surface area contributed by atoms with Crippen LogP contribution in [0, 0.1) is 6.92 Å². The highest BCUT2D eigenvalue weighted by atomic mass is 35.5. The Labute approximate surface area is 96.4 Å². The molecule has 1 aromatic rings. The van der Waals surface area contributed by atoms with E-state index < -0.39 is 18.1 Å². The van der Waals surface area contributed by atoms with E-state index in [2.05, 4.69) is 9.72 Å². The van der Waals surface area contributed by atoms with E-state index in [4.69, 9.17) is 11.6 Å². The number of aryl methyl sites for hydroxylation is 1. The summed E-state index contributed by atoms with van der Waals surface area (Å²) in [6, 6.07) is 1.49. The largest absolute Gasteiger partial charge is 0.469 e. The molecule has 88 valence electrons. The molecule has 16 heavy (non-hydrogen) atoms. The summed E-state index contributed by atoms with van der Waals surface area (Å²) in [5.74, 6) is -0.533. The molecule has 0 aliphatic heterocycles. The van der Waals surface area contributed by atoms with Crippen molar-refractivity contribution >= 4 is 17.6 Å². The zero-order valence-corrected chi connectivity index (χ0v) is 9.52. The van der Waals surface area contributed by atoms with Gasteiger partial charge in [0.2, 0.25) is 0 Å². The number of hydrogen-bond acceptors (Lipinski definition) is 3. The Bertz CT molecular complexity index is 410. The molecule has 0 radical (unpaired) electrons. The number of nitrogens with zero attached hydrogens (tertiary/aromatic N) is 1. The van der Waals surface area contributed by atoms with Crippen LogP contribution in [0.25, 0.3) is 0 Å². The lowest BCUT2D eigenvalue weighted by atomic mass is 10.1. The van der Waals surface area contributed by atoms with E-state index in [9.17, 15) is 13.6 Å². The van der Waals surface area contributed by atoms with Crippen LogP contribution < -0.4 is 0 Å². The molecule has 0 atom stereocenters. The fourth-order valence-corrected chi connectivity index (χ4v) is 1.39. The summed E-state index contributed by atoms with van der Waals surface area (Å²) in [4.78, 5) is 14.6. The van der Waals surface area contributed by atoms with Crippen LogP contribution in [0.3, 0.4) is 0 Å². The topological polar surface area (TPSA) is 39.2 Å². The van der Waals surface area contributed by atoms with E-state index in [1.165, 1.54) is 13.2 Å². The summed E-state index contributed by atoms with van der Waals surface area (Å²) in [6.07, 6.45) is -2.90. The lowest BCUT2D eigenvalue weighted by Gasteiger charge is -2.08. The first-order valence-corrected chi connectivity index (χ1v) is 4.84. The summed E-state index contributed by atoms with van der Waals surface area (Å²) >= 11 is 5.67. The second-order valence-electron chi connectivity index (χ2n) is 3.18. The fourth-order valence-electron chi connectivity index (χ4n) is 1.21. The quantitative estimate of drug-likeness (QED) is 0.773. The second-order valence-corrected chi connectivity index (χ2v) is 3.56. The van der Waals surface area contributed by atoms with E-state index in [1.54, 1.807) is 6.92 Å². The molecule has 6 heteroatoms. The highest BCUT2D eigenvalue weighted by Gasteiger charge is 2.18. The molecule has 1 rings (SSSR count). The zero-order chi connectivity index (χ0) is 12.3. The van der Waals surface area contributed by atoms with Gasteiger partial charge in [0.15, 0.2) is 0 Å². The summed E-state index contributed by atoms with van der Waals surface area (Å²) < 4.78 is 29.5. The molecule has 0 saturated heterocycles. The molecule has 0 saturated carbocycles. The van der Waals surface area contributed by atoms with Crippen LogP contribution in [-0.2, 0) is 16.0 Å². The molecule has 3 nitrogen and oxygen atoms in total. The average Bonchev–Trinajstić information content (AvgIpc) is 2.22. The molecule has 0 bridgehead atoms. The van der Waals surface area contributed by atoms with E-state index in [1.807, 2.05) is 0 Å². The summed E-state index contributed by atoms with van der Waals surface area (Å²) in [7, 11) is 1.22. The van der Waals surface area contributed by atoms with Gasteiger partial charge in [-0.1, -0.05) is 11.6 Å². The Morgan fingerprint density at radius 2 is 2.25 bits per heavy atom. The van der Waals surface area contributed by atoms with Gasteiger partial charge in [0.05, 0.1) is 24.2 Å². The van der Waals surface area contributed by atoms with Crippen molar-refractivity contribution in [2.75, 3.05) is 7.11 Å². The Hall–Kier alpha value is -1.23. The van der Waals surface area contributed by atoms with Gasteiger partial charge in [-0.25, -0.2) is 13.8 Å².